The molecule has 0 rings (SSSR count). The first kappa shape index (κ1) is 15.9. The molecule has 2 atom stereocenters. The molecule has 100 valence electrons. The molecular weight excluding hydrogens is 218 g/mol. The molecule has 0 aliphatic rings. The van der Waals surface area contributed by atoms with Crippen LogP contribution in [-0.2, 0) is 14.3 Å². The van der Waals surface area contributed by atoms with Crippen molar-refractivity contribution < 1.29 is 14.3 Å². The molecule has 4 heteroatoms. The summed E-state index contributed by atoms with van der Waals surface area (Å²) in [5, 5.41) is 2.50. The molecule has 0 saturated heterocycles. The first-order chi connectivity index (χ1) is 8.02. The highest BCUT2D eigenvalue weighted by atomic mass is 16.5. The SMILES string of the molecule is CCCCC[C@@H](C)OC(=O)[C@@H](NC=O)C(C)C. The zero-order chi connectivity index (χ0) is 13.3. The summed E-state index contributed by atoms with van der Waals surface area (Å²) in [6.07, 6.45) is 4.73. The molecule has 0 radical (unpaired) electrons. The first-order valence-corrected chi connectivity index (χ1v) is 6.43. The summed E-state index contributed by atoms with van der Waals surface area (Å²) in [5.74, 6) is -0.299. The van der Waals surface area contributed by atoms with E-state index in [1.807, 2.05) is 20.8 Å². The number of carbonyl (C=O) groups is 2. The van der Waals surface area contributed by atoms with E-state index >= 15 is 0 Å². The maximum absolute atomic E-state index is 11.8. The third kappa shape index (κ3) is 6.97. The number of amides is 1. The van der Waals surface area contributed by atoms with Gasteiger partial charge >= 0.3 is 5.97 Å². The quantitative estimate of drug-likeness (QED) is 0.384. The lowest BCUT2D eigenvalue weighted by Crippen LogP contribution is -2.42. The van der Waals surface area contributed by atoms with Gasteiger partial charge in [0.25, 0.3) is 0 Å². The molecule has 0 fully saturated rings. The summed E-state index contributed by atoms with van der Waals surface area (Å²) in [4.78, 5) is 22.2. The Balaban J connectivity index is 4.06. The summed E-state index contributed by atoms with van der Waals surface area (Å²) >= 11 is 0. The second-order valence-electron chi connectivity index (χ2n) is 4.75. The molecule has 0 aromatic heterocycles. The lowest BCUT2D eigenvalue weighted by atomic mass is 10.0. The maximum Gasteiger partial charge on any atom is 0.329 e. The van der Waals surface area contributed by atoms with Crippen LogP contribution in [0.25, 0.3) is 0 Å². The fourth-order valence-electron chi connectivity index (χ4n) is 1.62. The van der Waals surface area contributed by atoms with Crippen LogP contribution in [0, 0.1) is 5.92 Å². The zero-order valence-corrected chi connectivity index (χ0v) is 11.4. The van der Waals surface area contributed by atoms with Crippen LogP contribution >= 0.6 is 0 Å². The van der Waals surface area contributed by atoms with Gasteiger partial charge < -0.3 is 10.1 Å². The van der Waals surface area contributed by atoms with Crippen molar-refractivity contribution in [1.29, 1.82) is 0 Å². The Morgan fingerprint density at radius 2 is 1.94 bits per heavy atom. The predicted octanol–water partition coefficient (Wildman–Crippen LogP) is 2.27. The van der Waals surface area contributed by atoms with Crippen LogP contribution < -0.4 is 5.32 Å². The highest BCUT2D eigenvalue weighted by molar-refractivity contribution is 5.78. The fraction of sp³-hybridized carbons (Fsp3) is 0.846. The molecule has 0 saturated carbocycles. The summed E-state index contributed by atoms with van der Waals surface area (Å²) in [6.45, 7) is 7.79. The van der Waals surface area contributed by atoms with Crippen LogP contribution in [-0.4, -0.2) is 24.5 Å². The van der Waals surface area contributed by atoms with Gasteiger partial charge in [-0.15, -0.1) is 0 Å². The Labute approximate surface area is 104 Å². The minimum absolute atomic E-state index is 0.0375. The van der Waals surface area contributed by atoms with Gasteiger partial charge in [0.05, 0.1) is 6.10 Å². The molecular formula is C13H25NO3. The van der Waals surface area contributed by atoms with Crippen molar-refractivity contribution in [1.82, 2.24) is 5.32 Å². The van der Waals surface area contributed by atoms with Crippen LogP contribution in [0.3, 0.4) is 0 Å². The lowest BCUT2D eigenvalue weighted by Gasteiger charge is -2.21. The Hall–Kier alpha value is -1.06. The molecule has 0 aliphatic heterocycles. The highest BCUT2D eigenvalue weighted by Crippen LogP contribution is 2.10. The van der Waals surface area contributed by atoms with Gasteiger partial charge in [0, 0.05) is 0 Å². The molecule has 0 heterocycles. The first-order valence-electron chi connectivity index (χ1n) is 6.43. The van der Waals surface area contributed by atoms with E-state index in [1.165, 1.54) is 0 Å². The van der Waals surface area contributed by atoms with E-state index in [0.717, 1.165) is 25.7 Å². The molecule has 1 N–H and O–H groups in total. The lowest BCUT2D eigenvalue weighted by molar-refractivity contribution is -0.153. The molecule has 0 bridgehead atoms. The normalized spacial score (nSPS) is 14.2. The summed E-state index contributed by atoms with van der Waals surface area (Å²) in [7, 11) is 0. The van der Waals surface area contributed by atoms with Gasteiger partial charge in [-0.2, -0.15) is 0 Å². The summed E-state index contributed by atoms with van der Waals surface area (Å²) < 4.78 is 5.31. The fourth-order valence-corrected chi connectivity index (χ4v) is 1.62. The molecule has 0 spiro atoms. The molecule has 4 nitrogen and oxygen atoms in total. The van der Waals surface area contributed by atoms with E-state index in [9.17, 15) is 9.59 Å². The number of rotatable bonds is 9. The van der Waals surface area contributed by atoms with Crippen molar-refractivity contribution in [3.63, 3.8) is 0 Å². The van der Waals surface area contributed by atoms with E-state index in [-0.39, 0.29) is 18.0 Å². The number of esters is 1. The number of ether oxygens (including phenoxy) is 1. The van der Waals surface area contributed by atoms with Gasteiger partial charge in [0.1, 0.15) is 6.04 Å². The topological polar surface area (TPSA) is 55.4 Å². The Kier molecular flexibility index (Phi) is 8.46. The van der Waals surface area contributed by atoms with Crippen LogP contribution in [0.1, 0.15) is 53.4 Å². The largest absolute Gasteiger partial charge is 0.461 e. The van der Waals surface area contributed by atoms with Gasteiger partial charge in [-0.3, -0.25) is 4.79 Å². The third-order valence-corrected chi connectivity index (χ3v) is 2.70. The van der Waals surface area contributed by atoms with Gasteiger partial charge in [0.15, 0.2) is 0 Å². The van der Waals surface area contributed by atoms with Crippen molar-refractivity contribution in [2.45, 2.75) is 65.5 Å². The van der Waals surface area contributed by atoms with Gasteiger partial charge in [-0.1, -0.05) is 33.6 Å². The highest BCUT2D eigenvalue weighted by Gasteiger charge is 2.24. The summed E-state index contributed by atoms with van der Waals surface area (Å²) in [6, 6.07) is -0.541. The molecule has 17 heavy (non-hydrogen) atoms. The van der Waals surface area contributed by atoms with Gasteiger partial charge in [-0.25, -0.2) is 4.79 Å². The number of carbonyl (C=O) groups excluding carboxylic acids is 2. The summed E-state index contributed by atoms with van der Waals surface area (Å²) in [5.41, 5.74) is 0. The molecule has 0 unspecified atom stereocenters. The molecule has 0 aromatic carbocycles. The average molecular weight is 243 g/mol. The van der Waals surface area contributed by atoms with Crippen molar-refractivity contribution in [3.8, 4) is 0 Å². The van der Waals surface area contributed by atoms with Crippen LogP contribution in [0.4, 0.5) is 0 Å². The van der Waals surface area contributed by atoms with Crippen molar-refractivity contribution in [2.24, 2.45) is 5.92 Å². The van der Waals surface area contributed by atoms with E-state index in [1.54, 1.807) is 0 Å². The Morgan fingerprint density at radius 1 is 1.29 bits per heavy atom. The van der Waals surface area contributed by atoms with Crippen LogP contribution in [0.2, 0.25) is 0 Å². The number of nitrogens with one attached hydrogen (secondary N) is 1. The second-order valence-corrected chi connectivity index (χ2v) is 4.75. The van der Waals surface area contributed by atoms with Crippen molar-refractivity contribution in [2.75, 3.05) is 0 Å². The number of unbranched alkanes of at least 4 members (excludes halogenated alkanes) is 2. The number of hydrogen-bond acceptors (Lipinski definition) is 3. The van der Waals surface area contributed by atoms with E-state index in [2.05, 4.69) is 12.2 Å². The minimum atomic E-state index is -0.541. The average Bonchev–Trinajstić information content (AvgIpc) is 2.25. The maximum atomic E-state index is 11.8. The Morgan fingerprint density at radius 3 is 2.41 bits per heavy atom. The van der Waals surface area contributed by atoms with Crippen LogP contribution in [0.15, 0.2) is 0 Å². The second kappa shape index (κ2) is 9.02. The molecule has 1 amide bonds. The van der Waals surface area contributed by atoms with Crippen molar-refractivity contribution in [3.05, 3.63) is 0 Å². The number of hydrogen-bond donors (Lipinski definition) is 1. The van der Waals surface area contributed by atoms with Gasteiger partial charge in [0.2, 0.25) is 6.41 Å². The minimum Gasteiger partial charge on any atom is -0.461 e. The van der Waals surface area contributed by atoms with Gasteiger partial charge in [-0.05, 0) is 25.7 Å². The van der Waals surface area contributed by atoms with E-state index in [0.29, 0.717) is 6.41 Å². The predicted molar refractivity (Wildman–Crippen MR) is 67.5 cm³/mol. The van der Waals surface area contributed by atoms with Crippen LogP contribution in [0.5, 0.6) is 0 Å². The Bertz CT molecular complexity index is 229. The monoisotopic (exact) mass is 243 g/mol. The van der Waals surface area contributed by atoms with E-state index in [4.69, 9.17) is 4.74 Å². The standard InChI is InChI=1S/C13H25NO3/c1-5-6-7-8-11(4)17-13(16)12(10(2)3)14-9-15/h9-12H,5-8H2,1-4H3,(H,14,15)/t11-,12+/m1/s1. The van der Waals surface area contributed by atoms with E-state index < -0.39 is 6.04 Å². The molecule has 0 aliphatic carbocycles. The molecule has 0 aromatic rings. The zero-order valence-electron chi connectivity index (χ0n) is 11.4. The van der Waals surface area contributed by atoms with Crippen molar-refractivity contribution >= 4 is 12.4 Å². The third-order valence-electron chi connectivity index (χ3n) is 2.70. The smallest absolute Gasteiger partial charge is 0.329 e.